The summed E-state index contributed by atoms with van der Waals surface area (Å²) in [6.45, 7) is 7.90. The lowest BCUT2D eigenvalue weighted by Gasteiger charge is -2.20. The Hall–Kier alpha value is -1.58. The molecule has 0 heterocycles. The van der Waals surface area contributed by atoms with Crippen LogP contribution in [0.3, 0.4) is 0 Å². The van der Waals surface area contributed by atoms with Gasteiger partial charge in [0.2, 0.25) is 0 Å². The van der Waals surface area contributed by atoms with Crippen LogP contribution in [-0.4, -0.2) is 12.0 Å². The standard InChI is InChI=1S/C12H17NO3/c1-8-6-9(12(2,3)4)7-10(13(14)15)11(8)16-5/h6-7H,1-5H3. The molecule has 4 nitrogen and oxygen atoms in total. The topological polar surface area (TPSA) is 52.4 Å². The molecule has 0 aliphatic rings. The van der Waals surface area contributed by atoms with E-state index in [-0.39, 0.29) is 11.1 Å². The van der Waals surface area contributed by atoms with Crippen LogP contribution in [0.4, 0.5) is 5.69 Å². The average Bonchev–Trinajstić information content (AvgIpc) is 2.14. The average molecular weight is 223 g/mol. The van der Waals surface area contributed by atoms with Crippen molar-refractivity contribution in [2.45, 2.75) is 33.1 Å². The van der Waals surface area contributed by atoms with E-state index < -0.39 is 4.92 Å². The van der Waals surface area contributed by atoms with Crippen LogP contribution in [0.5, 0.6) is 5.75 Å². The first-order chi connectivity index (χ1) is 7.27. The van der Waals surface area contributed by atoms with E-state index in [0.717, 1.165) is 11.1 Å². The fraction of sp³-hybridized carbons (Fsp3) is 0.500. The zero-order chi connectivity index (χ0) is 12.5. The molecule has 0 radical (unpaired) electrons. The van der Waals surface area contributed by atoms with Crippen LogP contribution in [0.15, 0.2) is 12.1 Å². The normalized spacial score (nSPS) is 11.3. The molecule has 0 bridgehead atoms. The molecular formula is C12H17NO3. The van der Waals surface area contributed by atoms with Crippen LogP contribution in [0, 0.1) is 17.0 Å². The summed E-state index contributed by atoms with van der Waals surface area (Å²) in [5.41, 5.74) is 1.66. The monoisotopic (exact) mass is 223 g/mol. The Labute approximate surface area is 95.4 Å². The molecule has 1 aromatic rings. The second-order valence-corrected chi connectivity index (χ2v) is 4.85. The second kappa shape index (κ2) is 4.12. The first-order valence-electron chi connectivity index (χ1n) is 5.11. The third-order valence-corrected chi connectivity index (χ3v) is 2.52. The van der Waals surface area contributed by atoms with Gasteiger partial charge in [-0.2, -0.15) is 0 Å². The molecule has 0 saturated heterocycles. The number of aryl methyl sites for hydroxylation is 1. The van der Waals surface area contributed by atoms with E-state index in [4.69, 9.17) is 4.74 Å². The highest BCUT2D eigenvalue weighted by atomic mass is 16.6. The number of hydrogen-bond acceptors (Lipinski definition) is 3. The lowest BCUT2D eigenvalue weighted by atomic mass is 9.85. The lowest BCUT2D eigenvalue weighted by Crippen LogP contribution is -2.12. The Morgan fingerprint density at radius 2 is 1.88 bits per heavy atom. The number of nitro benzene ring substituents is 1. The first-order valence-corrected chi connectivity index (χ1v) is 5.11. The zero-order valence-corrected chi connectivity index (χ0v) is 10.3. The molecule has 0 amide bonds. The number of nitro groups is 1. The van der Waals surface area contributed by atoms with E-state index in [1.165, 1.54) is 7.11 Å². The molecule has 0 aliphatic heterocycles. The van der Waals surface area contributed by atoms with Gasteiger partial charge in [0.25, 0.3) is 0 Å². The third-order valence-electron chi connectivity index (χ3n) is 2.52. The van der Waals surface area contributed by atoms with Gasteiger partial charge < -0.3 is 4.74 Å². The number of nitrogens with zero attached hydrogens (tertiary/aromatic N) is 1. The SMILES string of the molecule is COc1c(C)cc(C(C)(C)C)cc1[N+](=O)[O-]. The van der Waals surface area contributed by atoms with Crippen molar-refractivity contribution in [2.75, 3.05) is 7.11 Å². The van der Waals surface area contributed by atoms with Crippen molar-refractivity contribution in [1.82, 2.24) is 0 Å². The minimum Gasteiger partial charge on any atom is -0.490 e. The van der Waals surface area contributed by atoms with Gasteiger partial charge in [0, 0.05) is 6.07 Å². The van der Waals surface area contributed by atoms with E-state index in [2.05, 4.69) is 0 Å². The van der Waals surface area contributed by atoms with Crippen LogP contribution in [-0.2, 0) is 5.41 Å². The summed E-state index contributed by atoms with van der Waals surface area (Å²) in [6.07, 6.45) is 0. The fourth-order valence-corrected chi connectivity index (χ4v) is 1.59. The van der Waals surface area contributed by atoms with Crippen LogP contribution in [0.2, 0.25) is 0 Å². The zero-order valence-electron chi connectivity index (χ0n) is 10.3. The summed E-state index contributed by atoms with van der Waals surface area (Å²) in [5.74, 6) is 0.345. The van der Waals surface area contributed by atoms with Crippen molar-refractivity contribution >= 4 is 5.69 Å². The van der Waals surface area contributed by atoms with Crippen molar-refractivity contribution in [3.05, 3.63) is 33.4 Å². The minimum absolute atomic E-state index is 0.0347. The fourth-order valence-electron chi connectivity index (χ4n) is 1.59. The van der Waals surface area contributed by atoms with Crippen LogP contribution >= 0.6 is 0 Å². The summed E-state index contributed by atoms with van der Waals surface area (Å²) in [7, 11) is 1.45. The molecule has 0 spiro atoms. The number of benzene rings is 1. The summed E-state index contributed by atoms with van der Waals surface area (Å²) < 4.78 is 5.06. The van der Waals surface area contributed by atoms with E-state index in [1.807, 2.05) is 33.8 Å². The molecule has 88 valence electrons. The molecule has 1 aromatic carbocycles. The maximum atomic E-state index is 10.9. The second-order valence-electron chi connectivity index (χ2n) is 4.85. The number of hydrogen-bond donors (Lipinski definition) is 0. The Morgan fingerprint density at radius 3 is 2.25 bits per heavy atom. The Bertz CT molecular complexity index is 419. The van der Waals surface area contributed by atoms with E-state index in [9.17, 15) is 10.1 Å². The van der Waals surface area contributed by atoms with Crippen molar-refractivity contribution in [3.63, 3.8) is 0 Å². The van der Waals surface area contributed by atoms with Crippen molar-refractivity contribution in [1.29, 1.82) is 0 Å². The maximum absolute atomic E-state index is 10.9. The van der Waals surface area contributed by atoms with E-state index >= 15 is 0 Å². The maximum Gasteiger partial charge on any atom is 0.311 e. The molecule has 0 saturated carbocycles. The van der Waals surface area contributed by atoms with Gasteiger partial charge in [-0.05, 0) is 23.5 Å². The predicted octanol–water partition coefficient (Wildman–Crippen LogP) is 3.21. The Balaban J connectivity index is 3.46. The molecule has 0 aromatic heterocycles. The van der Waals surface area contributed by atoms with Gasteiger partial charge in [-0.25, -0.2) is 0 Å². The molecule has 0 unspecified atom stereocenters. The largest absolute Gasteiger partial charge is 0.490 e. The summed E-state index contributed by atoms with van der Waals surface area (Å²) >= 11 is 0. The quantitative estimate of drug-likeness (QED) is 0.571. The van der Waals surface area contributed by atoms with Gasteiger partial charge >= 0.3 is 5.69 Å². The number of rotatable bonds is 2. The third kappa shape index (κ3) is 2.32. The first kappa shape index (κ1) is 12.5. The number of ether oxygens (including phenoxy) is 1. The van der Waals surface area contributed by atoms with Crippen LogP contribution in [0.25, 0.3) is 0 Å². The summed E-state index contributed by atoms with van der Waals surface area (Å²) in [6, 6.07) is 3.53. The molecule has 0 fully saturated rings. The molecular weight excluding hydrogens is 206 g/mol. The highest BCUT2D eigenvalue weighted by Gasteiger charge is 2.23. The van der Waals surface area contributed by atoms with Gasteiger partial charge in [-0.3, -0.25) is 10.1 Å². The Morgan fingerprint density at radius 1 is 1.31 bits per heavy atom. The Kier molecular flexibility index (Phi) is 3.21. The van der Waals surface area contributed by atoms with Gasteiger partial charge in [0.15, 0.2) is 5.75 Å². The van der Waals surface area contributed by atoms with Crippen molar-refractivity contribution in [3.8, 4) is 5.75 Å². The summed E-state index contributed by atoms with van der Waals surface area (Å²) in [4.78, 5) is 10.5. The highest BCUT2D eigenvalue weighted by Crippen LogP contribution is 2.35. The number of methoxy groups -OCH3 is 1. The summed E-state index contributed by atoms with van der Waals surface area (Å²) in [5, 5.41) is 10.9. The van der Waals surface area contributed by atoms with Gasteiger partial charge in [-0.15, -0.1) is 0 Å². The molecule has 4 heteroatoms. The predicted molar refractivity (Wildman–Crippen MR) is 63.1 cm³/mol. The minimum atomic E-state index is -0.402. The smallest absolute Gasteiger partial charge is 0.311 e. The molecule has 0 N–H and O–H groups in total. The van der Waals surface area contributed by atoms with Gasteiger partial charge in [-0.1, -0.05) is 26.8 Å². The molecule has 1 rings (SSSR count). The van der Waals surface area contributed by atoms with E-state index in [1.54, 1.807) is 6.07 Å². The highest BCUT2D eigenvalue weighted by molar-refractivity contribution is 5.55. The molecule has 0 atom stereocenters. The van der Waals surface area contributed by atoms with Crippen molar-refractivity contribution < 1.29 is 9.66 Å². The molecule has 16 heavy (non-hydrogen) atoms. The van der Waals surface area contributed by atoms with E-state index in [0.29, 0.717) is 5.75 Å². The van der Waals surface area contributed by atoms with Gasteiger partial charge in [0.1, 0.15) is 0 Å². The van der Waals surface area contributed by atoms with Crippen LogP contribution in [0.1, 0.15) is 31.9 Å². The van der Waals surface area contributed by atoms with Crippen LogP contribution < -0.4 is 4.74 Å². The van der Waals surface area contributed by atoms with Crippen molar-refractivity contribution in [2.24, 2.45) is 0 Å². The van der Waals surface area contributed by atoms with Gasteiger partial charge in [0.05, 0.1) is 12.0 Å². The molecule has 0 aliphatic carbocycles. The lowest BCUT2D eigenvalue weighted by molar-refractivity contribution is -0.385.